The van der Waals surface area contributed by atoms with Crippen LogP contribution in [-0.2, 0) is 28.6 Å². The van der Waals surface area contributed by atoms with E-state index in [1.165, 1.54) is 193 Å². The van der Waals surface area contributed by atoms with Gasteiger partial charge in [0.05, 0.1) is 0 Å². The first-order valence-electron chi connectivity index (χ1n) is 26.7. The molecule has 60 heavy (non-hydrogen) atoms. The average Bonchev–Trinajstić information content (AvgIpc) is 3.24. The van der Waals surface area contributed by atoms with Crippen molar-refractivity contribution in [1.82, 2.24) is 0 Å². The lowest BCUT2D eigenvalue weighted by Crippen LogP contribution is -2.30. The lowest BCUT2D eigenvalue weighted by molar-refractivity contribution is -0.167. The second-order valence-electron chi connectivity index (χ2n) is 18.2. The zero-order chi connectivity index (χ0) is 43.7. The van der Waals surface area contributed by atoms with Gasteiger partial charge in [-0.25, -0.2) is 0 Å². The molecule has 0 radical (unpaired) electrons. The van der Waals surface area contributed by atoms with Gasteiger partial charge < -0.3 is 14.2 Å². The summed E-state index contributed by atoms with van der Waals surface area (Å²) in [4.78, 5) is 37.7. The highest BCUT2D eigenvalue weighted by Crippen LogP contribution is 2.17. The minimum Gasteiger partial charge on any atom is -0.462 e. The van der Waals surface area contributed by atoms with Crippen LogP contribution in [0.5, 0.6) is 0 Å². The van der Waals surface area contributed by atoms with Gasteiger partial charge in [0, 0.05) is 19.3 Å². The van der Waals surface area contributed by atoms with Crippen molar-refractivity contribution in [2.75, 3.05) is 13.2 Å². The van der Waals surface area contributed by atoms with Crippen LogP contribution in [0.1, 0.15) is 297 Å². The van der Waals surface area contributed by atoms with E-state index < -0.39 is 6.10 Å². The van der Waals surface area contributed by atoms with Gasteiger partial charge in [-0.3, -0.25) is 14.4 Å². The van der Waals surface area contributed by atoms with E-state index in [9.17, 15) is 14.4 Å². The van der Waals surface area contributed by atoms with Crippen LogP contribution in [0.15, 0.2) is 12.2 Å². The zero-order valence-corrected chi connectivity index (χ0v) is 40.5. The Bertz CT molecular complexity index is 931. The van der Waals surface area contributed by atoms with Crippen LogP contribution >= 0.6 is 0 Å². The molecule has 1 unspecified atom stereocenters. The highest BCUT2D eigenvalue weighted by atomic mass is 16.6. The lowest BCUT2D eigenvalue weighted by atomic mass is 10.0. The molecule has 0 aromatic carbocycles. The van der Waals surface area contributed by atoms with Crippen LogP contribution in [0.4, 0.5) is 0 Å². The molecule has 0 spiro atoms. The van der Waals surface area contributed by atoms with E-state index in [0.717, 1.165) is 64.2 Å². The smallest absolute Gasteiger partial charge is 0.306 e. The predicted molar refractivity (Wildman–Crippen MR) is 256 cm³/mol. The fourth-order valence-corrected chi connectivity index (χ4v) is 7.95. The number of esters is 3. The summed E-state index contributed by atoms with van der Waals surface area (Å²) in [5.41, 5.74) is 0. The molecule has 0 aromatic rings. The second-order valence-corrected chi connectivity index (χ2v) is 18.2. The Kier molecular flexibility index (Phi) is 48.3. The molecular weight excluding hydrogens is 745 g/mol. The third-order valence-corrected chi connectivity index (χ3v) is 12.0. The van der Waals surface area contributed by atoms with Crippen LogP contribution in [0.25, 0.3) is 0 Å². The molecule has 0 fully saturated rings. The van der Waals surface area contributed by atoms with Crippen molar-refractivity contribution < 1.29 is 28.6 Å². The SMILES string of the molecule is CCCC/C=C\CCCCCCCC(=O)OC(COC(=O)CCCCCCCCC)COC(=O)CCCCCCCCCCCCCCCCCCCCCCCCCC. The van der Waals surface area contributed by atoms with Crippen LogP contribution < -0.4 is 0 Å². The summed E-state index contributed by atoms with van der Waals surface area (Å²) in [5.74, 6) is -0.871. The summed E-state index contributed by atoms with van der Waals surface area (Å²) in [6, 6.07) is 0. The maximum atomic E-state index is 12.7. The van der Waals surface area contributed by atoms with Crippen molar-refractivity contribution in [3.8, 4) is 0 Å². The summed E-state index contributed by atoms with van der Waals surface area (Å²) in [7, 11) is 0. The Labute approximate surface area is 373 Å². The summed E-state index contributed by atoms with van der Waals surface area (Å²) < 4.78 is 16.7. The average molecular weight is 847 g/mol. The van der Waals surface area contributed by atoms with Gasteiger partial charge in [0.25, 0.3) is 0 Å². The number of rotatable bonds is 49. The molecule has 0 aliphatic rings. The number of carbonyl (C=O) groups excluding carboxylic acids is 3. The first-order valence-corrected chi connectivity index (χ1v) is 26.7. The summed E-state index contributed by atoms with van der Waals surface area (Å²) in [5, 5.41) is 0. The number of carbonyl (C=O) groups is 3. The van der Waals surface area contributed by atoms with E-state index in [0.29, 0.717) is 19.3 Å². The van der Waals surface area contributed by atoms with Crippen molar-refractivity contribution in [2.45, 2.75) is 303 Å². The van der Waals surface area contributed by atoms with Gasteiger partial charge in [0.2, 0.25) is 0 Å². The van der Waals surface area contributed by atoms with Gasteiger partial charge in [0.1, 0.15) is 13.2 Å². The third-order valence-electron chi connectivity index (χ3n) is 12.0. The van der Waals surface area contributed by atoms with Gasteiger partial charge in [-0.05, 0) is 38.5 Å². The summed E-state index contributed by atoms with van der Waals surface area (Å²) in [6.07, 6.45) is 55.2. The van der Waals surface area contributed by atoms with E-state index in [1.54, 1.807) is 0 Å². The number of ether oxygens (including phenoxy) is 3. The van der Waals surface area contributed by atoms with Gasteiger partial charge in [-0.15, -0.1) is 0 Å². The van der Waals surface area contributed by atoms with E-state index in [-0.39, 0.29) is 31.1 Å². The fraction of sp³-hybridized carbons (Fsp3) is 0.907. The first-order chi connectivity index (χ1) is 29.5. The first kappa shape index (κ1) is 58.1. The highest BCUT2D eigenvalue weighted by Gasteiger charge is 2.19. The lowest BCUT2D eigenvalue weighted by Gasteiger charge is -2.18. The zero-order valence-electron chi connectivity index (χ0n) is 40.5. The molecule has 0 rings (SSSR count). The van der Waals surface area contributed by atoms with Crippen LogP contribution in [0, 0.1) is 0 Å². The molecule has 354 valence electrons. The Morgan fingerprint density at radius 3 is 0.883 bits per heavy atom. The van der Waals surface area contributed by atoms with E-state index >= 15 is 0 Å². The maximum absolute atomic E-state index is 12.7. The van der Waals surface area contributed by atoms with Gasteiger partial charge in [-0.2, -0.15) is 0 Å². The summed E-state index contributed by atoms with van der Waals surface area (Å²) in [6.45, 7) is 6.59. The largest absolute Gasteiger partial charge is 0.462 e. The van der Waals surface area contributed by atoms with E-state index in [1.807, 2.05) is 0 Å². The van der Waals surface area contributed by atoms with Crippen molar-refractivity contribution in [3.05, 3.63) is 12.2 Å². The summed E-state index contributed by atoms with van der Waals surface area (Å²) >= 11 is 0. The Hall–Kier alpha value is -1.85. The maximum Gasteiger partial charge on any atom is 0.306 e. The number of unbranched alkanes of at least 4 members (excludes halogenated alkanes) is 36. The van der Waals surface area contributed by atoms with Crippen molar-refractivity contribution >= 4 is 17.9 Å². The van der Waals surface area contributed by atoms with Gasteiger partial charge >= 0.3 is 17.9 Å². The Morgan fingerprint density at radius 2 is 0.567 bits per heavy atom. The number of allylic oxidation sites excluding steroid dienone is 2. The molecule has 0 N–H and O–H groups in total. The van der Waals surface area contributed by atoms with Crippen molar-refractivity contribution in [1.29, 1.82) is 0 Å². The van der Waals surface area contributed by atoms with E-state index in [4.69, 9.17) is 14.2 Å². The number of hydrogen-bond donors (Lipinski definition) is 0. The quantitative estimate of drug-likeness (QED) is 0.0263. The molecular formula is C54H102O6. The molecule has 0 heterocycles. The fourth-order valence-electron chi connectivity index (χ4n) is 7.95. The molecule has 6 heteroatoms. The molecule has 0 bridgehead atoms. The third kappa shape index (κ3) is 47.2. The minimum absolute atomic E-state index is 0.0690. The molecule has 0 aliphatic heterocycles. The highest BCUT2D eigenvalue weighted by molar-refractivity contribution is 5.71. The molecule has 0 aliphatic carbocycles. The van der Waals surface area contributed by atoms with Gasteiger partial charge in [0.15, 0.2) is 6.10 Å². The molecule has 0 amide bonds. The molecule has 0 aromatic heterocycles. The normalized spacial score (nSPS) is 12.0. The standard InChI is InChI=1S/C54H102O6/c1-4-7-10-13-16-18-20-21-22-23-24-25-26-27-28-29-30-31-32-34-35-38-41-44-47-53(56)59-50-51(49-58-52(55)46-43-40-37-15-12-9-6-3)60-54(57)48-45-42-39-36-33-19-17-14-11-8-5-2/h14,17,51H,4-13,15-16,18-50H2,1-3H3/b17-14-. The second kappa shape index (κ2) is 49.8. The van der Waals surface area contributed by atoms with Crippen LogP contribution in [0.3, 0.4) is 0 Å². The van der Waals surface area contributed by atoms with Crippen LogP contribution in [-0.4, -0.2) is 37.2 Å². The molecule has 0 saturated heterocycles. The number of hydrogen-bond acceptors (Lipinski definition) is 6. The molecule has 0 saturated carbocycles. The Morgan fingerprint density at radius 1 is 0.317 bits per heavy atom. The van der Waals surface area contributed by atoms with E-state index in [2.05, 4.69) is 32.9 Å². The van der Waals surface area contributed by atoms with Gasteiger partial charge in [-0.1, -0.05) is 251 Å². The van der Waals surface area contributed by atoms with Crippen LogP contribution in [0.2, 0.25) is 0 Å². The minimum atomic E-state index is -0.766. The predicted octanol–water partition coefficient (Wildman–Crippen LogP) is 17.4. The topological polar surface area (TPSA) is 78.9 Å². The molecule has 1 atom stereocenters. The van der Waals surface area contributed by atoms with Crippen molar-refractivity contribution in [2.24, 2.45) is 0 Å². The Balaban J connectivity index is 4.05. The van der Waals surface area contributed by atoms with Crippen molar-refractivity contribution in [3.63, 3.8) is 0 Å². The molecule has 6 nitrogen and oxygen atoms in total. The monoisotopic (exact) mass is 847 g/mol.